The van der Waals surface area contributed by atoms with E-state index < -0.39 is 11.7 Å². The SMILES string of the molecule is O=C1CC(O)C2OC12c1ccccc1. The average Bonchev–Trinajstić information content (AvgIpc) is 2.90. The molecule has 14 heavy (non-hydrogen) atoms. The lowest BCUT2D eigenvalue weighted by atomic mass is 9.96. The van der Waals surface area contributed by atoms with Gasteiger partial charge in [-0.05, 0) is 5.56 Å². The zero-order valence-electron chi connectivity index (χ0n) is 7.51. The van der Waals surface area contributed by atoms with Crippen LogP contribution < -0.4 is 0 Å². The Morgan fingerprint density at radius 3 is 2.57 bits per heavy atom. The van der Waals surface area contributed by atoms with Gasteiger partial charge in [0.05, 0.1) is 6.10 Å². The number of carbonyl (C=O) groups excluding carboxylic acids is 1. The van der Waals surface area contributed by atoms with Crippen molar-refractivity contribution in [1.29, 1.82) is 0 Å². The maximum absolute atomic E-state index is 11.7. The first-order valence-electron chi connectivity index (χ1n) is 4.70. The predicted octanol–water partition coefficient (Wildman–Crippen LogP) is 0.614. The molecule has 3 nitrogen and oxygen atoms in total. The molecule has 1 saturated heterocycles. The molecule has 1 aromatic carbocycles. The van der Waals surface area contributed by atoms with Crippen molar-refractivity contribution in [2.75, 3.05) is 0 Å². The van der Waals surface area contributed by atoms with E-state index >= 15 is 0 Å². The molecule has 3 heteroatoms. The molecule has 3 unspecified atom stereocenters. The number of aliphatic hydroxyl groups is 1. The number of aliphatic hydroxyl groups excluding tert-OH is 1. The quantitative estimate of drug-likeness (QED) is 0.660. The van der Waals surface area contributed by atoms with E-state index in [9.17, 15) is 9.90 Å². The zero-order chi connectivity index (χ0) is 9.76. The van der Waals surface area contributed by atoms with Gasteiger partial charge in [-0.1, -0.05) is 30.3 Å². The van der Waals surface area contributed by atoms with E-state index in [-0.39, 0.29) is 18.3 Å². The van der Waals surface area contributed by atoms with Crippen LogP contribution in [0.15, 0.2) is 30.3 Å². The van der Waals surface area contributed by atoms with Gasteiger partial charge in [-0.15, -0.1) is 0 Å². The van der Waals surface area contributed by atoms with Crippen LogP contribution in [0.25, 0.3) is 0 Å². The molecule has 1 aromatic rings. The number of rotatable bonds is 1. The van der Waals surface area contributed by atoms with Crippen molar-refractivity contribution in [3.8, 4) is 0 Å². The lowest BCUT2D eigenvalue weighted by Gasteiger charge is -2.06. The molecule has 1 N–H and O–H groups in total. The minimum absolute atomic E-state index is 0.00111. The summed E-state index contributed by atoms with van der Waals surface area (Å²) in [7, 11) is 0. The Bertz CT molecular complexity index is 387. The van der Waals surface area contributed by atoms with E-state index in [4.69, 9.17) is 4.74 Å². The second kappa shape index (κ2) is 2.43. The number of Topliss-reactive ketones (excluding diaryl/α,β-unsaturated/α-hetero) is 1. The third-order valence-electron chi connectivity index (χ3n) is 3.02. The van der Waals surface area contributed by atoms with Crippen molar-refractivity contribution in [2.24, 2.45) is 0 Å². The molecule has 3 atom stereocenters. The molecular weight excluding hydrogens is 180 g/mol. The fourth-order valence-electron chi connectivity index (χ4n) is 2.27. The molecule has 1 saturated carbocycles. The molecule has 0 spiro atoms. The topological polar surface area (TPSA) is 49.8 Å². The Labute approximate surface area is 81.3 Å². The van der Waals surface area contributed by atoms with E-state index in [1.807, 2.05) is 30.3 Å². The highest BCUT2D eigenvalue weighted by Crippen LogP contribution is 2.54. The van der Waals surface area contributed by atoms with Crippen molar-refractivity contribution in [3.63, 3.8) is 0 Å². The van der Waals surface area contributed by atoms with Crippen molar-refractivity contribution in [2.45, 2.75) is 24.2 Å². The van der Waals surface area contributed by atoms with Gasteiger partial charge in [-0.2, -0.15) is 0 Å². The summed E-state index contributed by atoms with van der Waals surface area (Å²) in [4.78, 5) is 11.7. The van der Waals surface area contributed by atoms with Gasteiger partial charge in [0.2, 0.25) is 0 Å². The molecule has 1 aliphatic carbocycles. The summed E-state index contributed by atoms with van der Waals surface area (Å²) in [5, 5.41) is 9.49. The molecule has 0 bridgehead atoms. The fourth-order valence-corrected chi connectivity index (χ4v) is 2.27. The summed E-state index contributed by atoms with van der Waals surface area (Å²) in [6, 6.07) is 9.39. The highest BCUT2D eigenvalue weighted by molar-refractivity contribution is 5.95. The Kier molecular flexibility index (Phi) is 1.42. The van der Waals surface area contributed by atoms with Crippen molar-refractivity contribution in [3.05, 3.63) is 35.9 Å². The molecule has 0 aromatic heterocycles. The highest BCUT2D eigenvalue weighted by Gasteiger charge is 2.70. The van der Waals surface area contributed by atoms with Crippen molar-refractivity contribution < 1.29 is 14.6 Å². The van der Waals surface area contributed by atoms with Gasteiger partial charge in [-0.3, -0.25) is 4.79 Å². The summed E-state index contributed by atoms with van der Waals surface area (Å²) in [6.45, 7) is 0. The number of epoxide rings is 1. The number of hydrogen-bond donors (Lipinski definition) is 1. The van der Waals surface area contributed by atoms with E-state index in [2.05, 4.69) is 0 Å². The molecule has 72 valence electrons. The molecular formula is C11H10O3. The molecule has 2 aliphatic rings. The van der Waals surface area contributed by atoms with Crippen LogP contribution in [0.2, 0.25) is 0 Å². The van der Waals surface area contributed by atoms with Gasteiger partial charge in [-0.25, -0.2) is 0 Å². The van der Waals surface area contributed by atoms with Crippen LogP contribution >= 0.6 is 0 Å². The third kappa shape index (κ3) is 0.811. The Morgan fingerprint density at radius 1 is 1.36 bits per heavy atom. The van der Waals surface area contributed by atoms with Crippen LogP contribution in [0.5, 0.6) is 0 Å². The van der Waals surface area contributed by atoms with Gasteiger partial charge in [0.15, 0.2) is 11.4 Å². The van der Waals surface area contributed by atoms with Gasteiger partial charge in [0.25, 0.3) is 0 Å². The lowest BCUT2D eigenvalue weighted by molar-refractivity contribution is -0.125. The number of benzene rings is 1. The smallest absolute Gasteiger partial charge is 0.180 e. The van der Waals surface area contributed by atoms with Crippen LogP contribution in [-0.2, 0) is 15.1 Å². The van der Waals surface area contributed by atoms with Gasteiger partial charge in [0, 0.05) is 6.42 Å². The predicted molar refractivity (Wildman–Crippen MR) is 48.6 cm³/mol. The van der Waals surface area contributed by atoms with E-state index in [0.29, 0.717) is 0 Å². The third-order valence-corrected chi connectivity index (χ3v) is 3.02. The molecule has 1 heterocycles. The molecule has 0 radical (unpaired) electrons. The van der Waals surface area contributed by atoms with Gasteiger partial charge >= 0.3 is 0 Å². The van der Waals surface area contributed by atoms with E-state index in [0.717, 1.165) is 5.56 Å². The second-order valence-corrected chi connectivity index (χ2v) is 3.83. The van der Waals surface area contributed by atoms with Crippen LogP contribution in [0.1, 0.15) is 12.0 Å². The van der Waals surface area contributed by atoms with E-state index in [1.165, 1.54) is 0 Å². The van der Waals surface area contributed by atoms with Crippen LogP contribution in [0.3, 0.4) is 0 Å². The Balaban J connectivity index is 2.05. The maximum Gasteiger partial charge on any atom is 0.180 e. The van der Waals surface area contributed by atoms with Crippen LogP contribution in [0.4, 0.5) is 0 Å². The summed E-state index contributed by atoms with van der Waals surface area (Å²) in [5.41, 5.74) is 0.0623. The van der Waals surface area contributed by atoms with Gasteiger partial charge in [0.1, 0.15) is 6.10 Å². The van der Waals surface area contributed by atoms with E-state index in [1.54, 1.807) is 0 Å². The number of ether oxygens (including phenoxy) is 1. The minimum atomic E-state index is -0.805. The molecule has 0 amide bonds. The molecule has 2 fully saturated rings. The van der Waals surface area contributed by atoms with Gasteiger partial charge < -0.3 is 9.84 Å². The first-order valence-corrected chi connectivity index (χ1v) is 4.70. The van der Waals surface area contributed by atoms with Crippen molar-refractivity contribution in [1.82, 2.24) is 0 Å². The lowest BCUT2D eigenvalue weighted by Crippen LogP contribution is -2.18. The number of hydrogen-bond acceptors (Lipinski definition) is 3. The summed E-state index contributed by atoms with van der Waals surface area (Å²) in [6.07, 6.45) is -0.709. The molecule has 3 rings (SSSR count). The fraction of sp³-hybridized carbons (Fsp3) is 0.364. The number of carbonyl (C=O) groups is 1. The second-order valence-electron chi connectivity index (χ2n) is 3.83. The Morgan fingerprint density at radius 2 is 2.07 bits per heavy atom. The van der Waals surface area contributed by atoms with Crippen LogP contribution in [-0.4, -0.2) is 23.1 Å². The first kappa shape index (κ1) is 8.15. The normalized spacial score (nSPS) is 39.6. The zero-order valence-corrected chi connectivity index (χ0v) is 7.51. The Hall–Kier alpha value is -1.19. The standard InChI is InChI=1S/C11H10O3/c12-8-6-9(13)11(10(8)14-11)7-4-2-1-3-5-7/h1-5,8,10,12H,6H2. The monoisotopic (exact) mass is 190 g/mol. The van der Waals surface area contributed by atoms with Crippen molar-refractivity contribution >= 4 is 5.78 Å². The molecule has 1 aliphatic heterocycles. The highest BCUT2D eigenvalue weighted by atomic mass is 16.6. The minimum Gasteiger partial charge on any atom is -0.390 e. The summed E-state index contributed by atoms with van der Waals surface area (Å²) in [5.74, 6) is 0.00111. The summed E-state index contributed by atoms with van der Waals surface area (Å²) < 4.78 is 5.35. The number of ketones is 1. The summed E-state index contributed by atoms with van der Waals surface area (Å²) >= 11 is 0. The van der Waals surface area contributed by atoms with Crippen LogP contribution in [0, 0.1) is 0 Å². The first-order chi connectivity index (χ1) is 6.75. The maximum atomic E-state index is 11.7. The average molecular weight is 190 g/mol. The number of fused-ring (bicyclic) bond motifs is 1. The largest absolute Gasteiger partial charge is 0.390 e.